The average molecular weight is 337 g/mol. The van der Waals surface area contributed by atoms with Crippen molar-refractivity contribution in [3.05, 3.63) is 40.9 Å². The topological polar surface area (TPSA) is 24.1 Å². The van der Waals surface area contributed by atoms with Crippen LogP contribution >= 0.6 is 28.1 Å². The number of hydrogen-bond donors (Lipinski definition) is 2. The van der Waals surface area contributed by atoms with E-state index in [2.05, 4.69) is 52.5 Å². The second kappa shape index (κ2) is 6.35. The highest BCUT2D eigenvalue weighted by molar-refractivity contribution is 9.10. The molecule has 0 bridgehead atoms. The summed E-state index contributed by atoms with van der Waals surface area (Å²) in [4.78, 5) is 0. The summed E-state index contributed by atoms with van der Waals surface area (Å²) in [7, 11) is 0. The minimum Gasteiger partial charge on any atom is -0.362 e. The van der Waals surface area contributed by atoms with Crippen LogP contribution in [-0.2, 0) is 0 Å². The van der Waals surface area contributed by atoms with Crippen LogP contribution in [0.25, 0.3) is 10.8 Å². The van der Waals surface area contributed by atoms with Crippen molar-refractivity contribution in [3.8, 4) is 0 Å². The molecule has 2 N–H and O–H groups in total. The molecule has 2 nitrogen and oxygen atoms in total. The molecule has 0 amide bonds. The Balaban J connectivity index is 2.21. The molecule has 0 aliphatic carbocycles. The molecule has 19 heavy (non-hydrogen) atoms. The summed E-state index contributed by atoms with van der Waals surface area (Å²) in [5.74, 6) is 0.571. The van der Waals surface area contributed by atoms with Crippen molar-refractivity contribution in [2.75, 3.05) is 11.9 Å². The van der Waals surface area contributed by atoms with Crippen LogP contribution in [0.3, 0.4) is 0 Å². The van der Waals surface area contributed by atoms with Crippen molar-refractivity contribution in [2.24, 2.45) is 5.92 Å². The van der Waals surface area contributed by atoms with Gasteiger partial charge < -0.3 is 10.6 Å². The van der Waals surface area contributed by atoms with Crippen LogP contribution < -0.4 is 10.6 Å². The number of benzene rings is 2. The van der Waals surface area contributed by atoms with Crippen molar-refractivity contribution in [3.63, 3.8) is 0 Å². The van der Waals surface area contributed by atoms with Crippen LogP contribution in [-0.4, -0.2) is 11.7 Å². The summed E-state index contributed by atoms with van der Waals surface area (Å²) < 4.78 is 1.09. The predicted octanol–water partition coefficient (Wildman–Crippen LogP) is 4.54. The molecule has 0 heterocycles. The third-order valence-corrected chi connectivity index (χ3v) is 3.73. The molecule has 2 aromatic rings. The molecule has 100 valence electrons. The number of nitrogens with one attached hydrogen (secondary N) is 2. The molecule has 0 fully saturated rings. The number of halogens is 1. The Morgan fingerprint density at radius 1 is 1.16 bits per heavy atom. The van der Waals surface area contributed by atoms with Crippen molar-refractivity contribution >= 4 is 49.7 Å². The summed E-state index contributed by atoms with van der Waals surface area (Å²) in [5, 5.41) is 9.49. The van der Waals surface area contributed by atoms with Crippen LogP contribution in [0.15, 0.2) is 40.9 Å². The van der Waals surface area contributed by atoms with Crippen molar-refractivity contribution in [1.29, 1.82) is 0 Å². The quantitative estimate of drug-likeness (QED) is 0.804. The van der Waals surface area contributed by atoms with Gasteiger partial charge in [0.25, 0.3) is 0 Å². The Hall–Kier alpha value is -1.13. The second-order valence-electron chi connectivity index (χ2n) is 4.87. The van der Waals surface area contributed by atoms with Gasteiger partial charge in [-0.05, 0) is 35.7 Å². The molecule has 0 aliphatic rings. The van der Waals surface area contributed by atoms with E-state index < -0.39 is 0 Å². The SMILES string of the molecule is CC(C)CNC(=S)Nc1ccc(Br)c2ccccc12. The smallest absolute Gasteiger partial charge is 0.170 e. The Morgan fingerprint density at radius 2 is 1.84 bits per heavy atom. The van der Waals surface area contributed by atoms with E-state index in [-0.39, 0.29) is 0 Å². The van der Waals surface area contributed by atoms with Crippen molar-refractivity contribution in [2.45, 2.75) is 13.8 Å². The van der Waals surface area contributed by atoms with E-state index >= 15 is 0 Å². The van der Waals surface area contributed by atoms with E-state index in [1.807, 2.05) is 24.3 Å². The first-order chi connectivity index (χ1) is 9.08. The van der Waals surface area contributed by atoms with E-state index in [9.17, 15) is 0 Å². The number of thiocarbonyl (C=S) groups is 1. The Morgan fingerprint density at radius 3 is 2.53 bits per heavy atom. The molecular formula is C15H17BrN2S. The molecule has 0 spiro atoms. The number of fused-ring (bicyclic) bond motifs is 1. The van der Waals surface area contributed by atoms with Gasteiger partial charge >= 0.3 is 0 Å². The van der Waals surface area contributed by atoms with Crippen LogP contribution in [0.2, 0.25) is 0 Å². The molecule has 0 atom stereocenters. The van der Waals surface area contributed by atoms with E-state index in [0.29, 0.717) is 11.0 Å². The molecule has 2 rings (SSSR count). The summed E-state index contributed by atoms with van der Waals surface area (Å²) in [5.41, 5.74) is 1.03. The van der Waals surface area contributed by atoms with Crippen LogP contribution in [0.4, 0.5) is 5.69 Å². The fourth-order valence-electron chi connectivity index (χ4n) is 1.83. The maximum absolute atomic E-state index is 5.32. The van der Waals surface area contributed by atoms with Gasteiger partial charge in [0, 0.05) is 22.1 Å². The predicted molar refractivity (Wildman–Crippen MR) is 90.7 cm³/mol. The van der Waals surface area contributed by atoms with Gasteiger partial charge in [-0.15, -0.1) is 0 Å². The number of rotatable bonds is 3. The summed E-state index contributed by atoms with van der Waals surface area (Å²) >= 11 is 8.89. The van der Waals surface area contributed by atoms with Crippen LogP contribution in [0.5, 0.6) is 0 Å². The lowest BCUT2D eigenvalue weighted by atomic mass is 10.1. The van der Waals surface area contributed by atoms with E-state index in [1.165, 1.54) is 5.39 Å². The van der Waals surface area contributed by atoms with Gasteiger partial charge in [-0.1, -0.05) is 54.0 Å². The second-order valence-corrected chi connectivity index (χ2v) is 6.13. The highest BCUT2D eigenvalue weighted by Gasteiger charge is 2.05. The molecular weight excluding hydrogens is 320 g/mol. The lowest BCUT2D eigenvalue weighted by Crippen LogP contribution is -2.31. The van der Waals surface area contributed by atoms with E-state index in [4.69, 9.17) is 12.2 Å². The van der Waals surface area contributed by atoms with E-state index in [1.54, 1.807) is 0 Å². The third-order valence-electron chi connectivity index (χ3n) is 2.79. The van der Waals surface area contributed by atoms with Gasteiger partial charge in [0.2, 0.25) is 0 Å². The van der Waals surface area contributed by atoms with Crippen molar-refractivity contribution in [1.82, 2.24) is 5.32 Å². The lowest BCUT2D eigenvalue weighted by Gasteiger charge is -2.14. The van der Waals surface area contributed by atoms with Gasteiger partial charge in [0.05, 0.1) is 0 Å². The maximum atomic E-state index is 5.32. The lowest BCUT2D eigenvalue weighted by molar-refractivity contribution is 0.627. The van der Waals surface area contributed by atoms with Crippen molar-refractivity contribution < 1.29 is 0 Å². The highest BCUT2D eigenvalue weighted by Crippen LogP contribution is 2.29. The minimum absolute atomic E-state index is 0.571. The Kier molecular flexibility index (Phi) is 4.77. The van der Waals surface area contributed by atoms with Gasteiger partial charge in [0.1, 0.15) is 0 Å². The summed E-state index contributed by atoms with van der Waals surface area (Å²) in [6.45, 7) is 5.19. The molecule has 0 aromatic heterocycles. The molecule has 0 radical (unpaired) electrons. The first-order valence-corrected chi connectivity index (χ1v) is 7.50. The molecule has 0 saturated heterocycles. The largest absolute Gasteiger partial charge is 0.362 e. The Bertz CT molecular complexity index is 596. The Labute approximate surface area is 127 Å². The van der Waals surface area contributed by atoms with Gasteiger partial charge in [-0.3, -0.25) is 0 Å². The number of anilines is 1. The fraction of sp³-hybridized carbons (Fsp3) is 0.267. The maximum Gasteiger partial charge on any atom is 0.170 e. The molecule has 0 saturated carbocycles. The zero-order valence-electron chi connectivity index (χ0n) is 11.0. The molecule has 4 heteroatoms. The molecule has 0 unspecified atom stereocenters. The standard InChI is InChI=1S/C15H17BrN2S/c1-10(2)9-17-15(19)18-14-8-7-13(16)11-5-3-4-6-12(11)14/h3-8,10H,9H2,1-2H3,(H2,17,18,19). The van der Waals surface area contributed by atoms with Crippen LogP contribution in [0, 0.1) is 5.92 Å². The van der Waals surface area contributed by atoms with Gasteiger partial charge in [-0.2, -0.15) is 0 Å². The van der Waals surface area contributed by atoms with Gasteiger partial charge in [0.15, 0.2) is 5.11 Å². The van der Waals surface area contributed by atoms with Gasteiger partial charge in [-0.25, -0.2) is 0 Å². The third kappa shape index (κ3) is 3.67. The average Bonchev–Trinajstić information content (AvgIpc) is 2.40. The van der Waals surface area contributed by atoms with Crippen LogP contribution in [0.1, 0.15) is 13.8 Å². The minimum atomic E-state index is 0.571. The number of hydrogen-bond acceptors (Lipinski definition) is 1. The first-order valence-electron chi connectivity index (χ1n) is 6.30. The first kappa shape index (κ1) is 14.3. The zero-order valence-corrected chi connectivity index (χ0v) is 13.4. The normalized spacial score (nSPS) is 10.7. The fourth-order valence-corrected chi connectivity index (χ4v) is 2.51. The summed E-state index contributed by atoms with van der Waals surface area (Å²) in [6, 6.07) is 12.3. The molecule has 0 aliphatic heterocycles. The molecule has 2 aromatic carbocycles. The zero-order chi connectivity index (χ0) is 13.8. The summed E-state index contributed by atoms with van der Waals surface area (Å²) in [6.07, 6.45) is 0. The highest BCUT2D eigenvalue weighted by atomic mass is 79.9. The monoisotopic (exact) mass is 336 g/mol. The van der Waals surface area contributed by atoms with E-state index in [0.717, 1.165) is 22.1 Å².